The van der Waals surface area contributed by atoms with Gasteiger partial charge in [-0.3, -0.25) is 9.79 Å². The van der Waals surface area contributed by atoms with Crippen molar-refractivity contribution in [3.05, 3.63) is 29.3 Å². The van der Waals surface area contributed by atoms with Crippen molar-refractivity contribution in [3.63, 3.8) is 0 Å². The Morgan fingerprint density at radius 3 is 2.50 bits per heavy atom. The largest absolute Gasteiger partial charge is 0.461 e. The van der Waals surface area contributed by atoms with Crippen LogP contribution in [0.3, 0.4) is 0 Å². The molecule has 1 rings (SSSR count). The lowest BCUT2D eigenvalue weighted by Gasteiger charge is -2.20. The molecular formula is C15H21NO2. The monoisotopic (exact) mass is 247 g/mol. The summed E-state index contributed by atoms with van der Waals surface area (Å²) in [5.41, 5.74) is 3.10. The molecule has 0 bridgehead atoms. The number of carbonyl (C=O) groups is 1. The molecule has 98 valence electrons. The van der Waals surface area contributed by atoms with Crippen LogP contribution >= 0.6 is 0 Å². The van der Waals surface area contributed by atoms with Crippen molar-refractivity contribution in [2.24, 2.45) is 4.99 Å². The third-order valence-electron chi connectivity index (χ3n) is 2.56. The number of carbonyl (C=O) groups excluding carboxylic acids is 1. The average Bonchev–Trinajstić information content (AvgIpc) is 2.25. The minimum atomic E-state index is -0.267. The zero-order valence-electron chi connectivity index (χ0n) is 11.8. The van der Waals surface area contributed by atoms with Gasteiger partial charge in [0.2, 0.25) is 0 Å². The van der Waals surface area contributed by atoms with Crippen molar-refractivity contribution in [1.82, 2.24) is 0 Å². The molecule has 0 aliphatic rings. The first-order valence-electron chi connectivity index (χ1n) is 6.09. The van der Waals surface area contributed by atoms with Gasteiger partial charge in [0.05, 0.1) is 5.69 Å². The molecule has 0 fully saturated rings. The smallest absolute Gasteiger partial charge is 0.302 e. The molecule has 0 aliphatic carbocycles. The third kappa shape index (κ3) is 4.32. The van der Waals surface area contributed by atoms with E-state index < -0.39 is 0 Å². The van der Waals surface area contributed by atoms with Crippen molar-refractivity contribution >= 4 is 17.9 Å². The Balaban J connectivity index is 3.10. The average molecular weight is 247 g/mol. The molecule has 0 amide bonds. The van der Waals surface area contributed by atoms with E-state index in [9.17, 15) is 4.79 Å². The van der Waals surface area contributed by atoms with E-state index in [1.165, 1.54) is 12.5 Å². The van der Waals surface area contributed by atoms with Gasteiger partial charge >= 0.3 is 5.97 Å². The third-order valence-corrected chi connectivity index (χ3v) is 2.56. The van der Waals surface area contributed by atoms with Crippen LogP contribution in [0.15, 0.2) is 23.2 Å². The van der Waals surface area contributed by atoms with Crippen LogP contribution in [-0.2, 0) is 21.6 Å². The number of hydrogen-bond donors (Lipinski definition) is 0. The SMILES string of the molecule is C/C=N\c1cc(COC(C)=O)cc(C(C)(C)C)c1. The number of nitrogens with zero attached hydrogens (tertiary/aromatic N) is 1. The first-order chi connectivity index (χ1) is 8.32. The molecule has 0 aliphatic heterocycles. The molecule has 1 aromatic rings. The predicted octanol–water partition coefficient (Wildman–Crippen LogP) is 3.77. The Morgan fingerprint density at radius 2 is 2.00 bits per heavy atom. The van der Waals surface area contributed by atoms with Crippen LogP contribution in [0.1, 0.15) is 45.7 Å². The summed E-state index contributed by atoms with van der Waals surface area (Å²) in [4.78, 5) is 15.2. The fourth-order valence-corrected chi connectivity index (χ4v) is 1.60. The van der Waals surface area contributed by atoms with Gasteiger partial charge in [-0.2, -0.15) is 0 Å². The Morgan fingerprint density at radius 1 is 1.33 bits per heavy atom. The summed E-state index contributed by atoms with van der Waals surface area (Å²) in [6.45, 7) is 10.0. The maximum atomic E-state index is 10.9. The van der Waals surface area contributed by atoms with Crippen LogP contribution in [-0.4, -0.2) is 12.2 Å². The highest BCUT2D eigenvalue weighted by atomic mass is 16.5. The van der Waals surface area contributed by atoms with Gasteiger partial charge in [-0.05, 0) is 35.6 Å². The summed E-state index contributed by atoms with van der Waals surface area (Å²) in [5, 5.41) is 0. The zero-order valence-corrected chi connectivity index (χ0v) is 11.8. The molecule has 0 N–H and O–H groups in total. The number of rotatable bonds is 3. The van der Waals surface area contributed by atoms with Gasteiger partial charge < -0.3 is 4.74 Å². The normalized spacial score (nSPS) is 11.8. The summed E-state index contributed by atoms with van der Waals surface area (Å²) in [6.07, 6.45) is 1.76. The highest BCUT2D eigenvalue weighted by Crippen LogP contribution is 2.28. The summed E-state index contributed by atoms with van der Waals surface area (Å²) in [5.74, 6) is -0.267. The van der Waals surface area contributed by atoms with Crippen LogP contribution in [0.25, 0.3) is 0 Å². The van der Waals surface area contributed by atoms with Crippen LogP contribution in [0.4, 0.5) is 5.69 Å². The number of ether oxygens (including phenoxy) is 1. The van der Waals surface area contributed by atoms with Gasteiger partial charge in [0.1, 0.15) is 6.61 Å². The van der Waals surface area contributed by atoms with Crippen molar-refractivity contribution in [2.45, 2.75) is 46.6 Å². The van der Waals surface area contributed by atoms with Crippen molar-refractivity contribution in [3.8, 4) is 0 Å². The predicted molar refractivity (Wildman–Crippen MR) is 74.4 cm³/mol. The Bertz CT molecular complexity index is 456. The summed E-state index contributed by atoms with van der Waals surface area (Å²) in [6, 6.07) is 6.08. The molecular weight excluding hydrogens is 226 g/mol. The quantitative estimate of drug-likeness (QED) is 0.602. The highest BCUT2D eigenvalue weighted by molar-refractivity contribution is 5.66. The maximum Gasteiger partial charge on any atom is 0.302 e. The van der Waals surface area contributed by atoms with Crippen molar-refractivity contribution < 1.29 is 9.53 Å². The zero-order chi connectivity index (χ0) is 13.8. The van der Waals surface area contributed by atoms with Gasteiger partial charge in [0.15, 0.2) is 0 Å². The van der Waals surface area contributed by atoms with E-state index in [1.54, 1.807) is 6.21 Å². The first kappa shape index (κ1) is 14.4. The standard InChI is InChI=1S/C15H21NO2/c1-6-16-14-8-12(10-18-11(2)17)7-13(9-14)15(3,4)5/h6-9H,10H2,1-5H3/b16-6-. The van der Waals surface area contributed by atoms with Crippen molar-refractivity contribution in [2.75, 3.05) is 0 Å². The lowest BCUT2D eigenvalue weighted by molar-refractivity contribution is -0.142. The topological polar surface area (TPSA) is 38.7 Å². The molecule has 1 aromatic carbocycles. The second-order valence-corrected chi connectivity index (χ2v) is 5.31. The number of aliphatic imine (C=N–C) groups is 1. The van der Waals surface area contributed by atoms with E-state index in [4.69, 9.17) is 4.74 Å². The van der Waals surface area contributed by atoms with E-state index >= 15 is 0 Å². The van der Waals surface area contributed by atoms with E-state index in [0.29, 0.717) is 6.61 Å². The van der Waals surface area contributed by atoms with Crippen LogP contribution < -0.4 is 0 Å². The number of esters is 1. The summed E-state index contributed by atoms with van der Waals surface area (Å²) < 4.78 is 5.04. The minimum Gasteiger partial charge on any atom is -0.461 e. The molecule has 3 nitrogen and oxygen atoms in total. The van der Waals surface area contributed by atoms with Gasteiger partial charge in [-0.1, -0.05) is 26.8 Å². The van der Waals surface area contributed by atoms with Gasteiger partial charge in [-0.25, -0.2) is 0 Å². The van der Waals surface area contributed by atoms with E-state index in [-0.39, 0.29) is 11.4 Å². The summed E-state index contributed by atoms with van der Waals surface area (Å²) in [7, 11) is 0. The molecule has 0 aromatic heterocycles. The van der Waals surface area contributed by atoms with Crippen LogP contribution in [0.2, 0.25) is 0 Å². The van der Waals surface area contributed by atoms with Crippen molar-refractivity contribution in [1.29, 1.82) is 0 Å². The Kier molecular flexibility index (Phi) is 4.65. The van der Waals surface area contributed by atoms with E-state index in [1.807, 2.05) is 13.0 Å². The molecule has 0 saturated heterocycles. The molecule has 18 heavy (non-hydrogen) atoms. The van der Waals surface area contributed by atoms with Crippen LogP contribution in [0.5, 0.6) is 0 Å². The molecule has 0 heterocycles. The second kappa shape index (κ2) is 5.80. The number of benzene rings is 1. The van der Waals surface area contributed by atoms with Gasteiger partial charge in [-0.15, -0.1) is 0 Å². The Labute approximate surface area is 109 Å². The first-order valence-corrected chi connectivity index (χ1v) is 6.09. The molecule has 3 heteroatoms. The minimum absolute atomic E-state index is 0.0459. The van der Waals surface area contributed by atoms with Crippen LogP contribution in [0, 0.1) is 0 Å². The second-order valence-electron chi connectivity index (χ2n) is 5.31. The molecule has 0 radical (unpaired) electrons. The Hall–Kier alpha value is -1.64. The number of hydrogen-bond acceptors (Lipinski definition) is 3. The van der Waals surface area contributed by atoms with E-state index in [2.05, 4.69) is 37.9 Å². The molecule has 0 unspecified atom stereocenters. The van der Waals surface area contributed by atoms with Gasteiger partial charge in [0.25, 0.3) is 0 Å². The molecule has 0 spiro atoms. The lowest BCUT2D eigenvalue weighted by atomic mass is 9.86. The summed E-state index contributed by atoms with van der Waals surface area (Å²) >= 11 is 0. The highest BCUT2D eigenvalue weighted by Gasteiger charge is 2.15. The molecule has 0 atom stereocenters. The maximum absolute atomic E-state index is 10.9. The fourth-order valence-electron chi connectivity index (χ4n) is 1.60. The van der Waals surface area contributed by atoms with E-state index in [0.717, 1.165) is 11.3 Å². The van der Waals surface area contributed by atoms with Gasteiger partial charge in [0, 0.05) is 13.1 Å². The molecule has 0 saturated carbocycles. The lowest BCUT2D eigenvalue weighted by Crippen LogP contribution is -2.11. The fraction of sp³-hybridized carbons (Fsp3) is 0.467.